The van der Waals surface area contributed by atoms with Gasteiger partial charge in [-0.1, -0.05) is 0 Å². The minimum absolute atomic E-state index is 0.128. The van der Waals surface area contributed by atoms with Crippen molar-refractivity contribution in [3.05, 3.63) is 0 Å². The summed E-state index contributed by atoms with van der Waals surface area (Å²) in [5.41, 5.74) is 4.83. The van der Waals surface area contributed by atoms with Gasteiger partial charge in [0, 0.05) is 26.9 Å². The Hall–Kier alpha value is -1.10. The molecule has 0 heterocycles. The van der Waals surface area contributed by atoms with E-state index in [9.17, 15) is 9.59 Å². The lowest BCUT2D eigenvalue weighted by Crippen LogP contribution is -2.34. The molecule has 0 rings (SSSR count). The predicted molar refractivity (Wildman–Crippen MR) is 40.5 cm³/mol. The van der Waals surface area contributed by atoms with Gasteiger partial charge in [-0.2, -0.15) is 0 Å². The first-order valence-electron chi connectivity index (χ1n) is 3.37. The van der Waals surface area contributed by atoms with E-state index in [0.717, 1.165) is 0 Å². The van der Waals surface area contributed by atoms with E-state index in [2.05, 4.69) is 16.2 Å². The molecule has 0 saturated heterocycles. The molecule has 0 radical (unpaired) electrons. The normalized spacial score (nSPS) is 8.91. The summed E-state index contributed by atoms with van der Waals surface area (Å²) in [5.74, 6) is -0.313. The Labute approximate surface area is 65.5 Å². The molecule has 0 aliphatic heterocycles. The molecule has 0 atom stereocenters. The van der Waals surface area contributed by atoms with E-state index in [-0.39, 0.29) is 24.7 Å². The Balaban J connectivity index is 3.38. The lowest BCUT2D eigenvalue weighted by atomic mass is 10.3. The van der Waals surface area contributed by atoms with Crippen molar-refractivity contribution in [2.45, 2.75) is 12.8 Å². The highest BCUT2D eigenvalue weighted by atomic mass is 16.2. The summed E-state index contributed by atoms with van der Waals surface area (Å²) < 4.78 is 0. The third-order valence-corrected chi connectivity index (χ3v) is 1.12. The standard InChI is InChI=1S/C6H13N3O2/c1-7-5(10)3-4-6(11)9-8-2/h8H,3-4H2,1-2H3,(H,7,10)(H,9,11). The molecule has 0 bridgehead atoms. The maximum Gasteiger partial charge on any atom is 0.234 e. The van der Waals surface area contributed by atoms with Crippen molar-refractivity contribution in [1.82, 2.24) is 16.2 Å². The van der Waals surface area contributed by atoms with Crippen LogP contribution in [-0.2, 0) is 9.59 Å². The first kappa shape index (κ1) is 9.90. The van der Waals surface area contributed by atoms with Crippen LogP contribution in [0.5, 0.6) is 0 Å². The molecule has 0 aromatic carbocycles. The van der Waals surface area contributed by atoms with Gasteiger partial charge in [-0.15, -0.1) is 0 Å². The first-order chi connectivity index (χ1) is 5.20. The van der Waals surface area contributed by atoms with E-state index in [1.165, 1.54) is 7.05 Å². The number of nitrogens with one attached hydrogen (secondary N) is 3. The lowest BCUT2D eigenvalue weighted by Gasteiger charge is -2.01. The summed E-state index contributed by atoms with van der Waals surface area (Å²) in [4.78, 5) is 21.3. The third kappa shape index (κ3) is 5.35. The van der Waals surface area contributed by atoms with E-state index >= 15 is 0 Å². The van der Waals surface area contributed by atoms with Crippen LogP contribution in [0.2, 0.25) is 0 Å². The largest absolute Gasteiger partial charge is 0.359 e. The van der Waals surface area contributed by atoms with Crippen molar-refractivity contribution in [2.75, 3.05) is 14.1 Å². The zero-order chi connectivity index (χ0) is 8.69. The molecule has 0 saturated carbocycles. The van der Waals surface area contributed by atoms with Gasteiger partial charge in [0.1, 0.15) is 0 Å². The average molecular weight is 159 g/mol. The Morgan fingerprint density at radius 3 is 2.09 bits per heavy atom. The molecule has 5 nitrogen and oxygen atoms in total. The number of hydrogen-bond donors (Lipinski definition) is 3. The van der Waals surface area contributed by atoms with Crippen molar-refractivity contribution in [2.24, 2.45) is 0 Å². The van der Waals surface area contributed by atoms with Crippen LogP contribution < -0.4 is 16.2 Å². The second-order valence-electron chi connectivity index (χ2n) is 1.97. The van der Waals surface area contributed by atoms with Crippen LogP contribution in [0.15, 0.2) is 0 Å². The van der Waals surface area contributed by atoms with Crippen molar-refractivity contribution in [3.8, 4) is 0 Å². The predicted octanol–water partition coefficient (Wildman–Crippen LogP) is -1.24. The Kier molecular flexibility index (Phi) is 5.10. The van der Waals surface area contributed by atoms with Crippen LogP contribution in [0.4, 0.5) is 0 Å². The van der Waals surface area contributed by atoms with Crippen LogP contribution >= 0.6 is 0 Å². The molecule has 0 aliphatic carbocycles. The number of carbonyl (C=O) groups is 2. The van der Waals surface area contributed by atoms with Crippen molar-refractivity contribution in [3.63, 3.8) is 0 Å². The Morgan fingerprint density at radius 2 is 1.64 bits per heavy atom. The number of rotatable bonds is 4. The second-order valence-corrected chi connectivity index (χ2v) is 1.97. The summed E-state index contributed by atoms with van der Waals surface area (Å²) in [5, 5.41) is 2.42. The summed E-state index contributed by atoms with van der Waals surface area (Å²) in [7, 11) is 3.14. The van der Waals surface area contributed by atoms with Crippen molar-refractivity contribution >= 4 is 11.8 Å². The van der Waals surface area contributed by atoms with Crippen LogP contribution in [0.25, 0.3) is 0 Å². The molecule has 0 fully saturated rings. The number of hydrazine groups is 1. The third-order valence-electron chi connectivity index (χ3n) is 1.12. The molecule has 0 aromatic rings. The van der Waals surface area contributed by atoms with Crippen LogP contribution in [0.3, 0.4) is 0 Å². The molecule has 0 aromatic heterocycles. The fourth-order valence-corrected chi connectivity index (χ4v) is 0.554. The van der Waals surface area contributed by atoms with Gasteiger partial charge in [0.15, 0.2) is 0 Å². The smallest absolute Gasteiger partial charge is 0.234 e. The molecule has 3 N–H and O–H groups in total. The zero-order valence-corrected chi connectivity index (χ0v) is 6.73. The number of hydrogen-bond acceptors (Lipinski definition) is 3. The second kappa shape index (κ2) is 5.67. The van der Waals surface area contributed by atoms with Gasteiger partial charge in [0.25, 0.3) is 0 Å². The molecule has 0 unspecified atom stereocenters. The van der Waals surface area contributed by atoms with Gasteiger partial charge in [-0.3, -0.25) is 15.0 Å². The van der Waals surface area contributed by atoms with Crippen LogP contribution in [-0.4, -0.2) is 25.9 Å². The van der Waals surface area contributed by atoms with E-state index in [4.69, 9.17) is 0 Å². The highest BCUT2D eigenvalue weighted by Gasteiger charge is 2.02. The van der Waals surface area contributed by atoms with Gasteiger partial charge in [0.2, 0.25) is 11.8 Å². The van der Waals surface area contributed by atoms with Crippen molar-refractivity contribution in [1.29, 1.82) is 0 Å². The minimum Gasteiger partial charge on any atom is -0.359 e. The topological polar surface area (TPSA) is 70.2 Å². The first-order valence-corrected chi connectivity index (χ1v) is 3.37. The van der Waals surface area contributed by atoms with Gasteiger partial charge < -0.3 is 5.32 Å². The van der Waals surface area contributed by atoms with E-state index in [0.29, 0.717) is 0 Å². The maximum atomic E-state index is 10.7. The SMILES string of the molecule is CNNC(=O)CCC(=O)NC. The molecule has 0 spiro atoms. The van der Waals surface area contributed by atoms with E-state index in [1.807, 2.05) is 0 Å². The van der Waals surface area contributed by atoms with Crippen molar-refractivity contribution < 1.29 is 9.59 Å². The highest BCUT2D eigenvalue weighted by molar-refractivity contribution is 5.83. The van der Waals surface area contributed by atoms with Gasteiger partial charge in [0.05, 0.1) is 0 Å². The molecule has 11 heavy (non-hydrogen) atoms. The molecule has 2 amide bonds. The van der Waals surface area contributed by atoms with E-state index in [1.54, 1.807) is 7.05 Å². The molecule has 5 heteroatoms. The highest BCUT2D eigenvalue weighted by Crippen LogP contribution is 1.86. The molecule has 64 valence electrons. The zero-order valence-electron chi connectivity index (χ0n) is 6.73. The summed E-state index contributed by atoms with van der Waals surface area (Å²) in [6.07, 6.45) is 0.435. The fraction of sp³-hybridized carbons (Fsp3) is 0.667. The Bertz CT molecular complexity index is 147. The number of amides is 2. The number of carbonyl (C=O) groups excluding carboxylic acids is 2. The monoisotopic (exact) mass is 159 g/mol. The summed E-state index contributed by atoms with van der Waals surface area (Å²) in [6.45, 7) is 0. The van der Waals surface area contributed by atoms with Crippen LogP contribution in [0.1, 0.15) is 12.8 Å². The maximum absolute atomic E-state index is 10.7. The Morgan fingerprint density at radius 1 is 1.09 bits per heavy atom. The van der Waals surface area contributed by atoms with Gasteiger partial charge in [-0.25, -0.2) is 5.43 Å². The lowest BCUT2D eigenvalue weighted by molar-refractivity contribution is -0.126. The minimum atomic E-state index is -0.184. The summed E-state index contributed by atoms with van der Waals surface area (Å²) >= 11 is 0. The fourth-order valence-electron chi connectivity index (χ4n) is 0.554. The van der Waals surface area contributed by atoms with Gasteiger partial charge in [-0.05, 0) is 0 Å². The summed E-state index contributed by atoms with van der Waals surface area (Å²) in [6, 6.07) is 0. The average Bonchev–Trinajstić information content (AvgIpc) is 2.01. The van der Waals surface area contributed by atoms with E-state index < -0.39 is 0 Å². The molecular weight excluding hydrogens is 146 g/mol. The molecular formula is C6H13N3O2. The quantitative estimate of drug-likeness (QED) is 0.449. The van der Waals surface area contributed by atoms with Gasteiger partial charge >= 0.3 is 0 Å². The van der Waals surface area contributed by atoms with Crippen LogP contribution in [0, 0.1) is 0 Å². The molecule has 0 aliphatic rings.